The number of rotatable bonds is 8. The van der Waals surface area contributed by atoms with E-state index in [9.17, 15) is 14.7 Å². The van der Waals surface area contributed by atoms with Crippen molar-refractivity contribution in [2.45, 2.75) is 39.2 Å². The molecule has 1 aromatic heterocycles. The number of anilines is 1. The lowest BCUT2D eigenvalue weighted by atomic mass is 10.1. The first-order chi connectivity index (χ1) is 18.4. The lowest BCUT2D eigenvalue weighted by molar-refractivity contribution is 0.102. The van der Waals surface area contributed by atoms with Crippen LogP contribution < -0.4 is 15.4 Å². The number of aryl methyl sites for hydroxylation is 1. The largest absolute Gasteiger partial charge is 0.507 e. The first kappa shape index (κ1) is 25.1. The van der Waals surface area contributed by atoms with E-state index in [4.69, 9.17) is 4.74 Å². The van der Waals surface area contributed by atoms with Gasteiger partial charge in [0.05, 0.1) is 18.0 Å². The zero-order chi connectivity index (χ0) is 26.6. The number of amides is 2. The summed E-state index contributed by atoms with van der Waals surface area (Å²) < 4.78 is 6.82. The summed E-state index contributed by atoms with van der Waals surface area (Å²) in [6, 6.07) is 21.3. The highest BCUT2D eigenvalue weighted by Crippen LogP contribution is 2.42. The number of carbonyl (C=O) groups excluding carboxylic acids is 2. The smallest absolute Gasteiger partial charge is 0.342 e. The van der Waals surface area contributed by atoms with E-state index in [1.807, 2.05) is 44.2 Å². The minimum absolute atomic E-state index is 0.0401. The minimum atomic E-state index is -0.307. The van der Waals surface area contributed by atoms with Gasteiger partial charge in [-0.15, -0.1) is 0 Å². The van der Waals surface area contributed by atoms with Gasteiger partial charge < -0.3 is 20.5 Å². The number of hydrogen-bond acceptors (Lipinski definition) is 5. The Balaban J connectivity index is 1.31. The fourth-order valence-electron chi connectivity index (χ4n) is 4.33. The molecule has 194 valence electrons. The molecule has 8 nitrogen and oxygen atoms in total. The van der Waals surface area contributed by atoms with E-state index in [2.05, 4.69) is 15.7 Å². The van der Waals surface area contributed by atoms with Crippen molar-refractivity contribution in [3.05, 3.63) is 95.2 Å². The molecular formula is C30H30N4O4. The van der Waals surface area contributed by atoms with Crippen LogP contribution in [0.2, 0.25) is 0 Å². The molecule has 0 spiro atoms. The predicted molar refractivity (Wildman–Crippen MR) is 146 cm³/mol. The Kier molecular flexibility index (Phi) is 7.13. The van der Waals surface area contributed by atoms with E-state index < -0.39 is 0 Å². The zero-order valence-corrected chi connectivity index (χ0v) is 21.4. The molecule has 5 rings (SSSR count). The van der Waals surface area contributed by atoms with Crippen molar-refractivity contribution in [2.75, 3.05) is 11.9 Å². The van der Waals surface area contributed by atoms with Gasteiger partial charge >= 0.3 is 6.03 Å². The summed E-state index contributed by atoms with van der Waals surface area (Å²) in [5.74, 6) is 0.628. The van der Waals surface area contributed by atoms with Crippen molar-refractivity contribution in [2.24, 2.45) is 0 Å². The van der Waals surface area contributed by atoms with Gasteiger partial charge in [-0.1, -0.05) is 29.8 Å². The van der Waals surface area contributed by atoms with Gasteiger partial charge in [-0.25, -0.2) is 4.79 Å². The lowest BCUT2D eigenvalue weighted by Crippen LogP contribution is -2.30. The fourth-order valence-corrected chi connectivity index (χ4v) is 4.33. The molecular weight excluding hydrogens is 480 g/mol. The summed E-state index contributed by atoms with van der Waals surface area (Å²) in [6.45, 7) is 4.86. The molecule has 3 aromatic carbocycles. The third kappa shape index (κ3) is 5.70. The van der Waals surface area contributed by atoms with Gasteiger partial charge in [0, 0.05) is 35.3 Å². The molecule has 0 aliphatic heterocycles. The number of nitrogens with zero attached hydrogens (tertiary/aromatic N) is 2. The van der Waals surface area contributed by atoms with Crippen molar-refractivity contribution >= 4 is 17.6 Å². The molecule has 2 amide bonds. The van der Waals surface area contributed by atoms with Crippen LogP contribution in [-0.4, -0.2) is 33.4 Å². The Hall–Kier alpha value is -4.59. The third-order valence-electron chi connectivity index (χ3n) is 6.41. The molecule has 0 saturated heterocycles. The zero-order valence-electron chi connectivity index (χ0n) is 21.4. The summed E-state index contributed by atoms with van der Waals surface area (Å²) >= 11 is 0. The minimum Gasteiger partial charge on any atom is -0.507 e. The van der Waals surface area contributed by atoms with Gasteiger partial charge in [-0.2, -0.15) is 9.78 Å². The van der Waals surface area contributed by atoms with Gasteiger partial charge in [0.15, 0.2) is 0 Å². The molecule has 0 atom stereocenters. The second-order valence-electron chi connectivity index (χ2n) is 9.43. The lowest BCUT2D eigenvalue weighted by Gasteiger charge is -2.09. The van der Waals surface area contributed by atoms with Crippen LogP contribution in [0.15, 0.2) is 72.8 Å². The van der Waals surface area contributed by atoms with Crippen LogP contribution in [0, 0.1) is 6.92 Å². The number of hydrogen-bond donors (Lipinski definition) is 3. The number of aromatic nitrogens is 2. The summed E-state index contributed by atoms with van der Waals surface area (Å²) in [5.41, 5.74) is 4.87. The molecule has 0 unspecified atom stereocenters. The van der Waals surface area contributed by atoms with E-state index in [0.29, 0.717) is 41.4 Å². The van der Waals surface area contributed by atoms with Gasteiger partial charge in [0.2, 0.25) is 0 Å². The standard InChI is InChI=1S/C30H30N4O4/c1-3-38-24-12-9-22(10-13-24)29(36)32-23-11-14-25(28(35)16-23)26-17-27(21-7-8-21)34(33-26)30(37)31-18-20-6-4-5-19(2)15-20/h4-6,9-17,21,35H,3,7-8,18H2,1-2H3,(H,31,37)(H,32,36). The molecule has 1 heterocycles. The van der Waals surface area contributed by atoms with Crippen molar-refractivity contribution < 1.29 is 19.4 Å². The summed E-state index contributed by atoms with van der Waals surface area (Å²) in [7, 11) is 0. The molecule has 0 bridgehead atoms. The van der Waals surface area contributed by atoms with Crippen LogP contribution >= 0.6 is 0 Å². The highest BCUT2D eigenvalue weighted by atomic mass is 16.5. The maximum Gasteiger partial charge on any atom is 0.342 e. The number of phenolic OH excluding ortho intramolecular Hbond substituents is 1. The fraction of sp³-hybridized carbons (Fsp3) is 0.233. The van der Waals surface area contributed by atoms with Crippen molar-refractivity contribution in [3.8, 4) is 22.8 Å². The van der Waals surface area contributed by atoms with Gasteiger partial charge in [0.25, 0.3) is 5.91 Å². The van der Waals surface area contributed by atoms with Gasteiger partial charge in [0.1, 0.15) is 11.5 Å². The maximum atomic E-state index is 13.0. The second kappa shape index (κ2) is 10.8. The quantitative estimate of drug-likeness (QED) is 0.276. The van der Waals surface area contributed by atoms with Crippen LogP contribution in [0.1, 0.15) is 52.9 Å². The third-order valence-corrected chi connectivity index (χ3v) is 6.41. The molecule has 1 fully saturated rings. The summed E-state index contributed by atoms with van der Waals surface area (Å²) in [6.07, 6.45) is 2.00. The first-order valence-electron chi connectivity index (χ1n) is 12.7. The number of aromatic hydroxyl groups is 1. The van der Waals surface area contributed by atoms with Gasteiger partial charge in [-0.05, 0) is 74.7 Å². The monoisotopic (exact) mass is 510 g/mol. The van der Waals surface area contributed by atoms with Crippen LogP contribution in [0.4, 0.5) is 10.5 Å². The first-order valence-corrected chi connectivity index (χ1v) is 12.7. The molecule has 3 N–H and O–H groups in total. The molecule has 1 aliphatic carbocycles. The van der Waals surface area contributed by atoms with Crippen LogP contribution in [0.5, 0.6) is 11.5 Å². The number of carbonyl (C=O) groups is 2. The van der Waals surface area contributed by atoms with E-state index in [-0.39, 0.29) is 23.6 Å². The van der Waals surface area contributed by atoms with Crippen LogP contribution in [-0.2, 0) is 6.54 Å². The number of nitrogens with one attached hydrogen (secondary N) is 2. The van der Waals surface area contributed by atoms with E-state index in [1.165, 1.54) is 10.7 Å². The molecule has 4 aromatic rings. The predicted octanol–water partition coefficient (Wildman–Crippen LogP) is 5.85. The Bertz CT molecular complexity index is 1470. The Morgan fingerprint density at radius 3 is 2.53 bits per heavy atom. The van der Waals surface area contributed by atoms with Crippen LogP contribution in [0.25, 0.3) is 11.3 Å². The van der Waals surface area contributed by atoms with Gasteiger partial charge in [-0.3, -0.25) is 4.79 Å². The second-order valence-corrected chi connectivity index (χ2v) is 9.43. The highest BCUT2D eigenvalue weighted by molar-refractivity contribution is 6.04. The van der Waals surface area contributed by atoms with E-state index in [0.717, 1.165) is 29.7 Å². The normalized spacial score (nSPS) is 12.7. The average Bonchev–Trinajstić information content (AvgIpc) is 3.66. The molecule has 0 radical (unpaired) electrons. The number of benzene rings is 3. The van der Waals surface area contributed by atoms with Crippen molar-refractivity contribution in [3.63, 3.8) is 0 Å². The maximum absolute atomic E-state index is 13.0. The topological polar surface area (TPSA) is 105 Å². The molecule has 8 heteroatoms. The molecule has 38 heavy (non-hydrogen) atoms. The number of phenols is 1. The summed E-state index contributed by atoms with van der Waals surface area (Å²) in [5, 5.41) is 21.1. The Morgan fingerprint density at radius 2 is 1.84 bits per heavy atom. The average molecular weight is 511 g/mol. The van der Waals surface area contributed by atoms with Crippen molar-refractivity contribution in [1.29, 1.82) is 0 Å². The Labute approximate surface area is 221 Å². The highest BCUT2D eigenvalue weighted by Gasteiger charge is 2.30. The van der Waals surface area contributed by atoms with Crippen LogP contribution in [0.3, 0.4) is 0 Å². The molecule has 1 saturated carbocycles. The Morgan fingerprint density at radius 1 is 1.05 bits per heavy atom. The number of ether oxygens (including phenoxy) is 1. The van der Waals surface area contributed by atoms with E-state index in [1.54, 1.807) is 36.4 Å². The summed E-state index contributed by atoms with van der Waals surface area (Å²) in [4.78, 5) is 25.7. The van der Waals surface area contributed by atoms with Crippen molar-refractivity contribution in [1.82, 2.24) is 15.1 Å². The SMILES string of the molecule is CCOc1ccc(C(=O)Nc2ccc(-c3cc(C4CC4)n(C(=O)NCc4cccc(C)c4)n3)c(O)c2)cc1. The van der Waals surface area contributed by atoms with E-state index >= 15 is 0 Å². The molecule has 1 aliphatic rings.